The van der Waals surface area contributed by atoms with E-state index in [1.54, 1.807) is 6.20 Å². The summed E-state index contributed by atoms with van der Waals surface area (Å²) in [6.07, 6.45) is 1.73. The highest BCUT2D eigenvalue weighted by atomic mass is 16.5. The van der Waals surface area contributed by atoms with Crippen molar-refractivity contribution < 1.29 is 4.74 Å². The number of ether oxygens (including phenoxy) is 1. The summed E-state index contributed by atoms with van der Waals surface area (Å²) in [7, 11) is 0. The highest BCUT2D eigenvalue weighted by Crippen LogP contribution is 2.22. The van der Waals surface area contributed by atoms with Gasteiger partial charge in [-0.1, -0.05) is 23.8 Å². The van der Waals surface area contributed by atoms with Crippen LogP contribution in [0.5, 0.6) is 11.6 Å². The maximum absolute atomic E-state index is 5.76. The Labute approximate surface area is 123 Å². The molecule has 4 nitrogen and oxygen atoms in total. The smallest absolute Gasteiger partial charge is 0.219 e. The minimum atomic E-state index is 0.529. The Morgan fingerprint density at radius 1 is 0.857 bits per heavy atom. The maximum Gasteiger partial charge on any atom is 0.219 e. The Morgan fingerprint density at radius 3 is 2.43 bits per heavy atom. The summed E-state index contributed by atoms with van der Waals surface area (Å²) in [6, 6.07) is 15.3. The van der Waals surface area contributed by atoms with Gasteiger partial charge in [-0.3, -0.25) is 0 Å². The molecule has 0 radical (unpaired) electrons. The molecule has 3 aromatic rings. The topological polar surface area (TPSA) is 47.9 Å². The highest BCUT2D eigenvalue weighted by Gasteiger charge is 2.05. The summed E-state index contributed by atoms with van der Waals surface area (Å²) in [6.45, 7) is 3.97. The van der Waals surface area contributed by atoms with Crippen LogP contribution in [0.15, 0.2) is 54.7 Å². The Morgan fingerprint density at radius 2 is 1.67 bits per heavy atom. The van der Waals surface area contributed by atoms with E-state index in [-0.39, 0.29) is 0 Å². The first-order chi connectivity index (χ1) is 10.2. The Bertz CT molecular complexity index is 754. The third kappa shape index (κ3) is 3.23. The number of nitrogens with zero attached hydrogens (tertiary/aromatic N) is 3. The second-order valence-electron chi connectivity index (χ2n) is 4.80. The van der Waals surface area contributed by atoms with Gasteiger partial charge in [-0.25, -0.2) is 15.0 Å². The quantitative estimate of drug-likeness (QED) is 0.727. The molecule has 3 rings (SSSR count). The zero-order valence-corrected chi connectivity index (χ0v) is 11.9. The second kappa shape index (κ2) is 5.71. The van der Waals surface area contributed by atoms with Crippen molar-refractivity contribution >= 4 is 0 Å². The van der Waals surface area contributed by atoms with Gasteiger partial charge in [-0.05, 0) is 38.1 Å². The summed E-state index contributed by atoms with van der Waals surface area (Å²) in [5, 5.41) is 0. The zero-order chi connectivity index (χ0) is 14.7. The lowest BCUT2D eigenvalue weighted by molar-refractivity contribution is 0.463. The van der Waals surface area contributed by atoms with Crippen LogP contribution in [0.25, 0.3) is 11.5 Å². The number of rotatable bonds is 3. The molecule has 0 spiro atoms. The number of aryl methyl sites for hydroxylation is 2. The van der Waals surface area contributed by atoms with Crippen LogP contribution in [-0.4, -0.2) is 15.0 Å². The summed E-state index contributed by atoms with van der Waals surface area (Å²) < 4.78 is 5.76. The molecule has 0 unspecified atom stereocenters. The minimum absolute atomic E-state index is 0.529. The normalized spacial score (nSPS) is 10.4. The molecule has 21 heavy (non-hydrogen) atoms. The molecule has 0 bridgehead atoms. The lowest BCUT2D eigenvalue weighted by Gasteiger charge is -2.06. The first-order valence-corrected chi connectivity index (χ1v) is 6.72. The van der Waals surface area contributed by atoms with Crippen molar-refractivity contribution in [2.75, 3.05) is 0 Å². The number of hydrogen-bond acceptors (Lipinski definition) is 4. The average molecular weight is 277 g/mol. The van der Waals surface area contributed by atoms with E-state index in [4.69, 9.17) is 4.74 Å². The van der Waals surface area contributed by atoms with Crippen LogP contribution >= 0.6 is 0 Å². The lowest BCUT2D eigenvalue weighted by Crippen LogP contribution is -1.95. The second-order valence-corrected chi connectivity index (χ2v) is 4.80. The molecule has 0 N–H and O–H groups in total. The largest absolute Gasteiger partial charge is 0.439 e. The van der Waals surface area contributed by atoms with Gasteiger partial charge in [0.15, 0.2) is 5.82 Å². The SMILES string of the molecule is Cc1ccc(Oc2cccc(-c3nccc(C)n3)n2)cc1. The lowest BCUT2D eigenvalue weighted by atomic mass is 10.2. The van der Waals surface area contributed by atoms with Crippen LogP contribution in [0.2, 0.25) is 0 Å². The predicted octanol–water partition coefficient (Wildman–Crippen LogP) is 3.95. The zero-order valence-electron chi connectivity index (χ0n) is 11.9. The Hall–Kier alpha value is -2.75. The summed E-state index contributed by atoms with van der Waals surface area (Å²) >= 11 is 0. The third-order valence-electron chi connectivity index (χ3n) is 2.99. The van der Waals surface area contributed by atoms with Gasteiger partial charge in [-0.15, -0.1) is 0 Å². The molecule has 0 aliphatic rings. The number of benzene rings is 1. The first-order valence-electron chi connectivity index (χ1n) is 6.72. The minimum Gasteiger partial charge on any atom is -0.439 e. The van der Waals surface area contributed by atoms with Gasteiger partial charge in [0.05, 0.1) is 0 Å². The van der Waals surface area contributed by atoms with Crippen molar-refractivity contribution in [3.63, 3.8) is 0 Å². The van der Waals surface area contributed by atoms with Crippen LogP contribution in [-0.2, 0) is 0 Å². The van der Waals surface area contributed by atoms with Crippen molar-refractivity contribution in [1.82, 2.24) is 15.0 Å². The predicted molar refractivity (Wildman–Crippen MR) is 81.3 cm³/mol. The molecule has 4 heteroatoms. The fourth-order valence-electron chi connectivity index (χ4n) is 1.90. The molecule has 0 saturated carbocycles. The van der Waals surface area contributed by atoms with E-state index < -0.39 is 0 Å². The molecule has 0 atom stereocenters. The van der Waals surface area contributed by atoms with E-state index in [9.17, 15) is 0 Å². The summed E-state index contributed by atoms with van der Waals surface area (Å²) in [4.78, 5) is 13.1. The molecular formula is C17H15N3O. The van der Waals surface area contributed by atoms with Gasteiger partial charge in [0.25, 0.3) is 0 Å². The fraction of sp³-hybridized carbons (Fsp3) is 0.118. The van der Waals surface area contributed by atoms with Crippen LogP contribution in [0.4, 0.5) is 0 Å². The van der Waals surface area contributed by atoms with E-state index in [0.717, 1.165) is 11.4 Å². The average Bonchev–Trinajstić information content (AvgIpc) is 2.50. The molecule has 0 fully saturated rings. The number of aromatic nitrogens is 3. The van der Waals surface area contributed by atoms with Crippen molar-refractivity contribution in [3.05, 3.63) is 66.0 Å². The van der Waals surface area contributed by atoms with Gasteiger partial charge in [0.2, 0.25) is 5.88 Å². The Kier molecular flexibility index (Phi) is 3.60. The molecule has 104 valence electrons. The van der Waals surface area contributed by atoms with Gasteiger partial charge < -0.3 is 4.74 Å². The first kappa shape index (κ1) is 13.2. The Balaban J connectivity index is 1.88. The third-order valence-corrected chi connectivity index (χ3v) is 2.99. The molecule has 0 saturated heterocycles. The maximum atomic E-state index is 5.76. The van der Waals surface area contributed by atoms with Crippen molar-refractivity contribution in [3.8, 4) is 23.1 Å². The fourth-order valence-corrected chi connectivity index (χ4v) is 1.90. The van der Waals surface area contributed by atoms with Crippen molar-refractivity contribution in [1.29, 1.82) is 0 Å². The van der Waals surface area contributed by atoms with Crippen LogP contribution in [0, 0.1) is 13.8 Å². The molecule has 2 aromatic heterocycles. The van der Waals surface area contributed by atoms with Gasteiger partial charge >= 0.3 is 0 Å². The van der Waals surface area contributed by atoms with Crippen LogP contribution in [0.1, 0.15) is 11.3 Å². The monoisotopic (exact) mass is 277 g/mol. The van der Waals surface area contributed by atoms with Gasteiger partial charge in [0.1, 0.15) is 11.4 Å². The molecule has 0 amide bonds. The molecule has 0 aliphatic carbocycles. The molecule has 2 heterocycles. The highest BCUT2D eigenvalue weighted by molar-refractivity contribution is 5.50. The van der Waals surface area contributed by atoms with Crippen molar-refractivity contribution in [2.45, 2.75) is 13.8 Å². The standard InChI is InChI=1S/C17H15N3O/c1-12-6-8-14(9-7-12)21-16-5-3-4-15(20-16)17-18-11-10-13(2)19-17/h3-11H,1-2H3. The van der Waals surface area contributed by atoms with Crippen LogP contribution in [0.3, 0.4) is 0 Å². The summed E-state index contributed by atoms with van der Waals surface area (Å²) in [5.74, 6) is 1.89. The number of hydrogen-bond donors (Lipinski definition) is 0. The summed E-state index contributed by atoms with van der Waals surface area (Å²) in [5.41, 5.74) is 2.80. The van der Waals surface area contributed by atoms with E-state index in [1.807, 2.05) is 62.4 Å². The molecular weight excluding hydrogens is 262 g/mol. The molecule has 0 aliphatic heterocycles. The number of pyridine rings is 1. The van der Waals surface area contributed by atoms with E-state index >= 15 is 0 Å². The van der Waals surface area contributed by atoms with E-state index in [1.165, 1.54) is 5.56 Å². The van der Waals surface area contributed by atoms with Crippen LogP contribution < -0.4 is 4.74 Å². The van der Waals surface area contributed by atoms with Gasteiger partial charge in [-0.2, -0.15) is 0 Å². The van der Waals surface area contributed by atoms with E-state index in [0.29, 0.717) is 17.4 Å². The van der Waals surface area contributed by atoms with Gasteiger partial charge in [0, 0.05) is 18.0 Å². The molecule has 1 aromatic carbocycles. The van der Waals surface area contributed by atoms with Crippen molar-refractivity contribution in [2.24, 2.45) is 0 Å². The van der Waals surface area contributed by atoms with E-state index in [2.05, 4.69) is 15.0 Å².